The van der Waals surface area contributed by atoms with Crippen molar-refractivity contribution in [1.82, 2.24) is 10.2 Å². The number of rotatable bonds is 4. The minimum absolute atomic E-state index is 0.162. The monoisotopic (exact) mass is 182 g/mol. The van der Waals surface area contributed by atoms with Crippen LogP contribution in [0, 0.1) is 0 Å². The molecule has 0 saturated carbocycles. The Balaban J connectivity index is 2.19. The average molecular weight is 182 g/mol. The molecule has 0 radical (unpaired) electrons. The zero-order chi connectivity index (χ0) is 9.52. The first-order valence-corrected chi connectivity index (χ1v) is 5.00. The van der Waals surface area contributed by atoms with Gasteiger partial charge in [-0.3, -0.25) is 4.79 Å². The van der Waals surface area contributed by atoms with Crippen LogP contribution in [0.3, 0.4) is 0 Å². The van der Waals surface area contributed by atoms with Crippen LogP contribution in [0.15, 0.2) is 12.2 Å². The molecular formula is C10H18N2O. The van der Waals surface area contributed by atoms with Gasteiger partial charge in [0, 0.05) is 25.7 Å². The van der Waals surface area contributed by atoms with Gasteiger partial charge >= 0.3 is 0 Å². The summed E-state index contributed by atoms with van der Waals surface area (Å²) in [5.41, 5.74) is 0. The summed E-state index contributed by atoms with van der Waals surface area (Å²) in [6.45, 7) is 5.66. The third kappa shape index (κ3) is 3.59. The normalized spacial score (nSPS) is 17.2. The molecule has 0 bridgehead atoms. The van der Waals surface area contributed by atoms with Gasteiger partial charge in [-0.1, -0.05) is 13.0 Å². The summed E-state index contributed by atoms with van der Waals surface area (Å²) < 4.78 is 0. The van der Waals surface area contributed by atoms with E-state index in [0.29, 0.717) is 0 Å². The molecule has 1 aliphatic heterocycles. The summed E-state index contributed by atoms with van der Waals surface area (Å²) in [4.78, 5) is 13.3. The van der Waals surface area contributed by atoms with Crippen LogP contribution >= 0.6 is 0 Å². The molecule has 1 fully saturated rings. The largest absolute Gasteiger partial charge is 0.339 e. The van der Waals surface area contributed by atoms with Gasteiger partial charge in [-0.05, 0) is 19.4 Å². The number of hydrogen-bond acceptors (Lipinski definition) is 2. The molecule has 0 aromatic rings. The van der Waals surface area contributed by atoms with E-state index >= 15 is 0 Å². The Morgan fingerprint density at radius 2 is 2.15 bits per heavy atom. The van der Waals surface area contributed by atoms with E-state index in [0.717, 1.165) is 39.0 Å². The molecular weight excluding hydrogens is 164 g/mol. The van der Waals surface area contributed by atoms with Gasteiger partial charge in [-0.2, -0.15) is 0 Å². The number of hydrogen-bond donors (Lipinski definition) is 1. The van der Waals surface area contributed by atoms with Gasteiger partial charge in [0.25, 0.3) is 0 Å². The first-order chi connectivity index (χ1) is 6.34. The molecule has 1 saturated heterocycles. The number of carbonyl (C=O) groups is 1. The lowest BCUT2D eigenvalue weighted by atomic mass is 10.4. The van der Waals surface area contributed by atoms with Crippen molar-refractivity contribution in [3.8, 4) is 0 Å². The number of likely N-dealkylation sites (tertiary alicyclic amines) is 1. The highest BCUT2D eigenvalue weighted by Crippen LogP contribution is 2.07. The van der Waals surface area contributed by atoms with Gasteiger partial charge in [0.1, 0.15) is 0 Å². The first-order valence-electron chi connectivity index (χ1n) is 5.00. The SMILES string of the molecule is CCNC/C=C/C(=O)N1CCCC1. The van der Waals surface area contributed by atoms with Crippen molar-refractivity contribution in [3.05, 3.63) is 12.2 Å². The molecule has 0 aromatic carbocycles. The molecule has 0 spiro atoms. The van der Waals surface area contributed by atoms with E-state index in [9.17, 15) is 4.79 Å². The first kappa shape index (κ1) is 10.3. The Kier molecular flexibility index (Phi) is 4.54. The Bertz CT molecular complexity index is 183. The summed E-state index contributed by atoms with van der Waals surface area (Å²) in [7, 11) is 0. The van der Waals surface area contributed by atoms with E-state index in [-0.39, 0.29) is 5.91 Å². The van der Waals surface area contributed by atoms with E-state index in [1.165, 1.54) is 0 Å². The Labute approximate surface area is 79.8 Å². The second-order valence-electron chi connectivity index (χ2n) is 3.24. The molecule has 1 rings (SSSR count). The Morgan fingerprint density at radius 3 is 2.77 bits per heavy atom. The van der Waals surface area contributed by atoms with Crippen LogP contribution in [0.5, 0.6) is 0 Å². The second-order valence-corrected chi connectivity index (χ2v) is 3.24. The lowest BCUT2D eigenvalue weighted by Crippen LogP contribution is -2.25. The fourth-order valence-corrected chi connectivity index (χ4v) is 1.43. The van der Waals surface area contributed by atoms with Crippen LogP contribution in [0.4, 0.5) is 0 Å². The number of amides is 1. The lowest BCUT2D eigenvalue weighted by Gasteiger charge is -2.11. The zero-order valence-electron chi connectivity index (χ0n) is 8.25. The van der Waals surface area contributed by atoms with Crippen molar-refractivity contribution in [2.24, 2.45) is 0 Å². The van der Waals surface area contributed by atoms with Crippen LogP contribution in [0.2, 0.25) is 0 Å². The summed E-state index contributed by atoms with van der Waals surface area (Å²) in [6.07, 6.45) is 5.89. The Hall–Kier alpha value is -0.830. The van der Waals surface area contributed by atoms with Crippen molar-refractivity contribution in [3.63, 3.8) is 0 Å². The lowest BCUT2D eigenvalue weighted by molar-refractivity contribution is -0.125. The van der Waals surface area contributed by atoms with Crippen LogP contribution in [-0.2, 0) is 4.79 Å². The van der Waals surface area contributed by atoms with Crippen molar-refractivity contribution in [1.29, 1.82) is 0 Å². The van der Waals surface area contributed by atoms with Gasteiger partial charge in [0.05, 0.1) is 0 Å². The van der Waals surface area contributed by atoms with E-state index in [1.54, 1.807) is 6.08 Å². The smallest absolute Gasteiger partial charge is 0.246 e. The standard InChI is InChI=1S/C10H18N2O/c1-2-11-7-5-6-10(13)12-8-3-4-9-12/h5-6,11H,2-4,7-9H2,1H3/b6-5+. The maximum absolute atomic E-state index is 11.4. The van der Waals surface area contributed by atoms with E-state index in [2.05, 4.69) is 12.2 Å². The fourth-order valence-electron chi connectivity index (χ4n) is 1.43. The topological polar surface area (TPSA) is 32.3 Å². The summed E-state index contributed by atoms with van der Waals surface area (Å²) in [6, 6.07) is 0. The van der Waals surface area contributed by atoms with E-state index in [4.69, 9.17) is 0 Å². The molecule has 1 aliphatic rings. The number of carbonyl (C=O) groups excluding carboxylic acids is 1. The number of nitrogens with zero attached hydrogens (tertiary/aromatic N) is 1. The number of nitrogens with one attached hydrogen (secondary N) is 1. The van der Waals surface area contributed by atoms with E-state index in [1.807, 2.05) is 11.0 Å². The summed E-state index contributed by atoms with van der Waals surface area (Å²) >= 11 is 0. The maximum Gasteiger partial charge on any atom is 0.246 e. The Morgan fingerprint density at radius 1 is 1.46 bits per heavy atom. The second kappa shape index (κ2) is 5.75. The van der Waals surface area contributed by atoms with Gasteiger partial charge in [-0.25, -0.2) is 0 Å². The molecule has 0 aromatic heterocycles. The fraction of sp³-hybridized carbons (Fsp3) is 0.700. The van der Waals surface area contributed by atoms with Crippen LogP contribution in [0.1, 0.15) is 19.8 Å². The molecule has 13 heavy (non-hydrogen) atoms. The predicted molar refractivity (Wildman–Crippen MR) is 53.5 cm³/mol. The minimum atomic E-state index is 0.162. The molecule has 1 heterocycles. The third-order valence-electron chi connectivity index (χ3n) is 2.19. The van der Waals surface area contributed by atoms with Gasteiger partial charge in [0.15, 0.2) is 0 Å². The van der Waals surface area contributed by atoms with Crippen molar-refractivity contribution < 1.29 is 4.79 Å². The minimum Gasteiger partial charge on any atom is -0.339 e. The predicted octanol–water partition coefficient (Wildman–Crippen LogP) is 0.774. The third-order valence-corrected chi connectivity index (χ3v) is 2.19. The van der Waals surface area contributed by atoms with Crippen molar-refractivity contribution >= 4 is 5.91 Å². The van der Waals surface area contributed by atoms with Crippen LogP contribution in [0.25, 0.3) is 0 Å². The molecule has 1 amide bonds. The van der Waals surface area contributed by atoms with Crippen LogP contribution in [-0.4, -0.2) is 37.0 Å². The van der Waals surface area contributed by atoms with Crippen molar-refractivity contribution in [2.45, 2.75) is 19.8 Å². The molecule has 0 atom stereocenters. The van der Waals surface area contributed by atoms with Crippen LogP contribution < -0.4 is 5.32 Å². The summed E-state index contributed by atoms with van der Waals surface area (Å²) in [5, 5.41) is 3.14. The highest BCUT2D eigenvalue weighted by atomic mass is 16.2. The molecule has 1 N–H and O–H groups in total. The van der Waals surface area contributed by atoms with Gasteiger partial charge in [-0.15, -0.1) is 0 Å². The maximum atomic E-state index is 11.4. The summed E-state index contributed by atoms with van der Waals surface area (Å²) in [5.74, 6) is 0.162. The highest BCUT2D eigenvalue weighted by Gasteiger charge is 2.14. The molecule has 3 heteroatoms. The molecule has 0 unspecified atom stereocenters. The van der Waals surface area contributed by atoms with E-state index < -0.39 is 0 Å². The average Bonchev–Trinajstić information content (AvgIpc) is 2.65. The van der Waals surface area contributed by atoms with Crippen molar-refractivity contribution in [2.75, 3.05) is 26.2 Å². The van der Waals surface area contributed by atoms with Gasteiger partial charge < -0.3 is 10.2 Å². The molecule has 74 valence electrons. The number of likely N-dealkylation sites (N-methyl/N-ethyl adjacent to an activating group) is 1. The van der Waals surface area contributed by atoms with Gasteiger partial charge in [0.2, 0.25) is 5.91 Å². The highest BCUT2D eigenvalue weighted by molar-refractivity contribution is 5.87. The molecule has 0 aliphatic carbocycles. The zero-order valence-corrected chi connectivity index (χ0v) is 8.25. The molecule has 3 nitrogen and oxygen atoms in total. The quantitative estimate of drug-likeness (QED) is 0.514.